The molecule has 2 fully saturated rings. The molecular weight excluding hydrogens is 257 g/mol. The highest BCUT2D eigenvalue weighted by atomic mass is 16.6. The van der Waals surface area contributed by atoms with Crippen LogP contribution in [0.5, 0.6) is 0 Å². The quantitative estimate of drug-likeness (QED) is 0.467. The van der Waals surface area contributed by atoms with Crippen LogP contribution in [0.25, 0.3) is 0 Å². The predicted octanol–water partition coefficient (Wildman–Crippen LogP) is -0.262. The topological polar surface area (TPSA) is 67.6 Å². The Morgan fingerprint density at radius 3 is 3.10 bits per heavy atom. The van der Waals surface area contributed by atoms with E-state index in [1.165, 1.54) is 0 Å². The molecule has 0 amide bonds. The Bertz CT molecular complexity index is 512. The van der Waals surface area contributed by atoms with Gasteiger partial charge in [0.25, 0.3) is 5.69 Å². The zero-order valence-corrected chi connectivity index (χ0v) is 11.5. The van der Waals surface area contributed by atoms with Crippen LogP contribution in [0, 0.1) is 10.1 Å². The van der Waals surface area contributed by atoms with Gasteiger partial charge in [0.15, 0.2) is 0 Å². The van der Waals surface area contributed by atoms with Crippen LogP contribution in [0.2, 0.25) is 0 Å². The highest BCUT2D eigenvalue weighted by Crippen LogP contribution is 2.28. The molecule has 2 heterocycles. The van der Waals surface area contributed by atoms with Crippen molar-refractivity contribution in [2.24, 2.45) is 0 Å². The lowest BCUT2D eigenvalue weighted by molar-refractivity contribution is -0.383. The van der Waals surface area contributed by atoms with Crippen LogP contribution in [0.15, 0.2) is 18.2 Å². The Hall–Kier alpha value is -1.60. The Morgan fingerprint density at radius 1 is 1.50 bits per heavy atom. The summed E-state index contributed by atoms with van der Waals surface area (Å²) in [5.41, 5.74) is 1.68. The van der Waals surface area contributed by atoms with Crippen LogP contribution in [0.3, 0.4) is 0 Å². The van der Waals surface area contributed by atoms with E-state index in [1.54, 1.807) is 12.1 Å². The first kappa shape index (κ1) is 13.4. The summed E-state index contributed by atoms with van der Waals surface area (Å²) in [6.45, 7) is 3.44. The lowest BCUT2D eigenvalue weighted by Gasteiger charge is -2.28. The molecule has 0 aromatic heterocycles. The minimum atomic E-state index is -0.319. The predicted molar refractivity (Wildman–Crippen MR) is 79.5 cm³/mol. The molecule has 6 nitrogen and oxygen atoms in total. The molecule has 1 aromatic carbocycles. The number of nitrogens with one attached hydrogen (secondary N) is 1. The maximum absolute atomic E-state index is 11.1. The Labute approximate surface area is 118 Å². The molecule has 2 aliphatic rings. The number of ether oxygens (including phenoxy) is 1. The van der Waals surface area contributed by atoms with Crippen molar-refractivity contribution in [1.29, 1.82) is 0 Å². The van der Waals surface area contributed by atoms with Gasteiger partial charge < -0.3 is 10.1 Å². The maximum Gasteiger partial charge on any atom is 0.291 e. The molecule has 0 spiro atoms. The lowest BCUT2D eigenvalue weighted by Crippen LogP contribution is -2.40. The van der Waals surface area contributed by atoms with E-state index in [2.05, 4.69) is 10.2 Å². The van der Waals surface area contributed by atoms with Crippen molar-refractivity contribution in [3.63, 3.8) is 0 Å². The summed E-state index contributed by atoms with van der Waals surface area (Å²) in [6.07, 6.45) is 0.977. The Balaban J connectivity index is 1.73. The third kappa shape index (κ3) is 2.64. The second kappa shape index (κ2) is 5.42. The van der Waals surface area contributed by atoms with Crippen molar-refractivity contribution in [2.75, 3.05) is 31.6 Å². The van der Waals surface area contributed by atoms with E-state index in [4.69, 9.17) is 4.74 Å². The largest absolute Gasteiger partial charge is 0.378 e. The highest BCUT2D eigenvalue weighted by Gasteiger charge is 2.34. The van der Waals surface area contributed by atoms with Gasteiger partial charge in [-0.25, -0.2) is 0 Å². The summed E-state index contributed by atoms with van der Waals surface area (Å²) < 4.78 is 5.48. The van der Waals surface area contributed by atoms with Gasteiger partial charge in [-0.05, 0) is 12.5 Å². The van der Waals surface area contributed by atoms with Crippen molar-refractivity contribution in [3.05, 3.63) is 28.3 Å². The van der Waals surface area contributed by atoms with Crippen LogP contribution in [-0.2, 0) is 4.74 Å². The van der Waals surface area contributed by atoms with Gasteiger partial charge in [-0.15, -0.1) is 0 Å². The standard InChI is InChI=1S/C13H18BN3O3/c14-9-1-2-12(13(5-9)17(18)19)15-10-6-11-8-20-4-3-16(11)7-10/h1-2,5,10-11,15H,3-4,6-8,14H2. The monoisotopic (exact) mass is 275 g/mol. The second-order valence-electron chi connectivity index (χ2n) is 5.58. The number of hydrogen-bond acceptors (Lipinski definition) is 5. The van der Waals surface area contributed by atoms with Crippen molar-refractivity contribution in [1.82, 2.24) is 4.90 Å². The first-order chi connectivity index (χ1) is 9.63. The van der Waals surface area contributed by atoms with Crippen molar-refractivity contribution >= 4 is 24.7 Å². The first-order valence-electron chi connectivity index (χ1n) is 6.97. The minimum Gasteiger partial charge on any atom is -0.378 e. The molecule has 2 atom stereocenters. The average molecular weight is 275 g/mol. The van der Waals surface area contributed by atoms with Crippen LogP contribution >= 0.6 is 0 Å². The molecule has 3 rings (SSSR count). The Kier molecular flexibility index (Phi) is 3.63. The zero-order valence-electron chi connectivity index (χ0n) is 11.5. The van der Waals surface area contributed by atoms with Gasteiger partial charge in [0, 0.05) is 31.2 Å². The molecule has 20 heavy (non-hydrogen) atoms. The molecule has 2 saturated heterocycles. The fourth-order valence-corrected chi connectivity index (χ4v) is 3.07. The van der Waals surface area contributed by atoms with Crippen LogP contribution in [0.4, 0.5) is 11.4 Å². The van der Waals surface area contributed by atoms with Gasteiger partial charge in [-0.2, -0.15) is 0 Å². The van der Waals surface area contributed by atoms with E-state index in [1.807, 2.05) is 13.9 Å². The second-order valence-corrected chi connectivity index (χ2v) is 5.58. The molecule has 0 aliphatic carbocycles. The molecule has 2 aliphatic heterocycles. The number of anilines is 1. The summed E-state index contributed by atoms with van der Waals surface area (Å²) in [4.78, 5) is 13.2. The highest BCUT2D eigenvalue weighted by molar-refractivity contribution is 6.32. The SMILES string of the molecule is Bc1ccc(NC2CC3COCCN3C2)c([N+](=O)[O-])c1. The van der Waals surface area contributed by atoms with Crippen LogP contribution in [0.1, 0.15) is 6.42 Å². The number of nitro groups is 1. The number of benzene rings is 1. The van der Waals surface area contributed by atoms with E-state index < -0.39 is 0 Å². The number of fused-ring (bicyclic) bond motifs is 1. The van der Waals surface area contributed by atoms with Crippen LogP contribution in [-0.4, -0.2) is 56.1 Å². The molecule has 2 unspecified atom stereocenters. The molecule has 0 bridgehead atoms. The van der Waals surface area contributed by atoms with Gasteiger partial charge >= 0.3 is 0 Å². The van der Waals surface area contributed by atoms with Crippen molar-refractivity contribution in [2.45, 2.75) is 18.5 Å². The smallest absolute Gasteiger partial charge is 0.291 e. The number of morpholine rings is 1. The molecule has 7 heteroatoms. The summed E-state index contributed by atoms with van der Waals surface area (Å²) in [5, 5.41) is 14.5. The number of hydrogen-bond donors (Lipinski definition) is 1. The number of nitrogens with zero attached hydrogens (tertiary/aromatic N) is 2. The molecule has 1 N–H and O–H groups in total. The Morgan fingerprint density at radius 2 is 2.35 bits per heavy atom. The van der Waals surface area contributed by atoms with Gasteiger partial charge in [-0.3, -0.25) is 15.0 Å². The minimum absolute atomic E-state index is 0.158. The van der Waals surface area contributed by atoms with Gasteiger partial charge in [0.05, 0.1) is 18.1 Å². The average Bonchev–Trinajstić information content (AvgIpc) is 2.82. The van der Waals surface area contributed by atoms with E-state index >= 15 is 0 Å². The summed E-state index contributed by atoms with van der Waals surface area (Å²) >= 11 is 0. The van der Waals surface area contributed by atoms with E-state index in [9.17, 15) is 10.1 Å². The molecular formula is C13H18BN3O3. The van der Waals surface area contributed by atoms with Gasteiger partial charge in [0.1, 0.15) is 13.5 Å². The zero-order chi connectivity index (χ0) is 14.1. The number of rotatable bonds is 3. The number of nitro benzene ring substituents is 1. The molecule has 1 aromatic rings. The van der Waals surface area contributed by atoms with E-state index in [-0.39, 0.29) is 16.7 Å². The van der Waals surface area contributed by atoms with Gasteiger partial charge in [0.2, 0.25) is 0 Å². The fraction of sp³-hybridized carbons (Fsp3) is 0.538. The third-order valence-corrected chi connectivity index (χ3v) is 4.07. The first-order valence-corrected chi connectivity index (χ1v) is 6.97. The molecule has 106 valence electrons. The van der Waals surface area contributed by atoms with E-state index in [0.29, 0.717) is 11.7 Å². The fourth-order valence-electron chi connectivity index (χ4n) is 3.07. The van der Waals surface area contributed by atoms with Crippen molar-refractivity contribution in [3.8, 4) is 0 Å². The maximum atomic E-state index is 11.1. The van der Waals surface area contributed by atoms with Crippen LogP contribution < -0.4 is 10.8 Å². The normalized spacial score (nSPS) is 26.2. The lowest BCUT2D eigenvalue weighted by atomic mass is 9.95. The molecule has 0 radical (unpaired) electrons. The molecule has 0 saturated carbocycles. The third-order valence-electron chi connectivity index (χ3n) is 4.07. The summed E-state index contributed by atoms with van der Waals surface area (Å²) in [6, 6.07) is 6.03. The van der Waals surface area contributed by atoms with Crippen molar-refractivity contribution < 1.29 is 9.66 Å². The summed E-state index contributed by atoms with van der Waals surface area (Å²) in [7, 11) is 1.87. The summed E-state index contributed by atoms with van der Waals surface area (Å²) in [5.74, 6) is 0. The van der Waals surface area contributed by atoms with Gasteiger partial charge in [-0.1, -0.05) is 11.5 Å². The van der Waals surface area contributed by atoms with E-state index in [0.717, 1.165) is 38.2 Å².